The summed E-state index contributed by atoms with van der Waals surface area (Å²) in [4.78, 5) is 22.2. The van der Waals surface area contributed by atoms with E-state index in [0.717, 1.165) is 0 Å². The number of esters is 1. The second-order valence-electron chi connectivity index (χ2n) is 2.86. The molecule has 0 bridgehead atoms. The molecule has 82 valence electrons. The number of carbonyl (C=O) groups excluding carboxylic acids is 2. The van der Waals surface area contributed by atoms with E-state index in [1.54, 1.807) is 0 Å². The first-order valence-corrected chi connectivity index (χ1v) is 4.33. The zero-order valence-electron chi connectivity index (χ0n) is 8.81. The molecule has 5 nitrogen and oxygen atoms in total. The van der Waals surface area contributed by atoms with E-state index >= 15 is 0 Å². The minimum atomic E-state index is -0.683. The molecule has 0 unspecified atom stereocenters. The molecule has 0 aromatic heterocycles. The van der Waals surface area contributed by atoms with Crippen molar-refractivity contribution < 1.29 is 19.1 Å². The first-order chi connectivity index (χ1) is 7.67. The van der Waals surface area contributed by atoms with E-state index in [2.05, 4.69) is 4.74 Å². The van der Waals surface area contributed by atoms with Crippen LogP contribution in [0, 0.1) is 11.3 Å². The van der Waals surface area contributed by atoms with Crippen LogP contribution in [0.5, 0.6) is 5.75 Å². The van der Waals surface area contributed by atoms with Gasteiger partial charge in [0.2, 0.25) is 0 Å². The largest absolute Gasteiger partial charge is 0.497 e. The number of methoxy groups -OCH3 is 2. The highest BCUT2D eigenvalue weighted by Crippen LogP contribution is 2.21. The maximum absolute atomic E-state index is 11.4. The predicted molar refractivity (Wildman–Crippen MR) is 54.4 cm³/mol. The van der Waals surface area contributed by atoms with Gasteiger partial charge in [-0.05, 0) is 12.1 Å². The van der Waals surface area contributed by atoms with Gasteiger partial charge in [0.05, 0.1) is 25.3 Å². The lowest BCUT2D eigenvalue weighted by Gasteiger charge is -2.07. The molecule has 0 atom stereocenters. The quantitative estimate of drug-likeness (QED) is 0.563. The van der Waals surface area contributed by atoms with Gasteiger partial charge >= 0.3 is 5.97 Å². The standard InChI is InChI=1S/C11H9NO4/c1-15-8-3-7(5-12)10(6-13)9(4-8)11(14)16-2/h3-4,6H,1-2H3. The fraction of sp³-hybridized carbons (Fsp3) is 0.182. The van der Waals surface area contributed by atoms with Crippen LogP contribution in [0.2, 0.25) is 0 Å². The minimum Gasteiger partial charge on any atom is -0.497 e. The van der Waals surface area contributed by atoms with E-state index in [4.69, 9.17) is 10.00 Å². The van der Waals surface area contributed by atoms with E-state index in [1.165, 1.54) is 26.4 Å². The Kier molecular flexibility index (Phi) is 3.62. The fourth-order valence-electron chi connectivity index (χ4n) is 1.24. The van der Waals surface area contributed by atoms with Crippen LogP contribution in [-0.4, -0.2) is 26.5 Å². The molecule has 0 amide bonds. The van der Waals surface area contributed by atoms with E-state index in [9.17, 15) is 9.59 Å². The average molecular weight is 219 g/mol. The van der Waals surface area contributed by atoms with Crippen LogP contribution < -0.4 is 4.74 Å². The van der Waals surface area contributed by atoms with Gasteiger partial charge in [-0.1, -0.05) is 0 Å². The molecular weight excluding hydrogens is 210 g/mol. The van der Waals surface area contributed by atoms with Gasteiger partial charge in [0.15, 0.2) is 6.29 Å². The normalized spacial score (nSPS) is 9.06. The Labute approximate surface area is 92.2 Å². The summed E-state index contributed by atoms with van der Waals surface area (Å²) in [5.41, 5.74) is 0.110. The van der Waals surface area contributed by atoms with Crippen LogP contribution in [0.3, 0.4) is 0 Å². The highest BCUT2D eigenvalue weighted by Gasteiger charge is 2.17. The summed E-state index contributed by atoms with van der Waals surface area (Å²) in [6.07, 6.45) is 0.449. The van der Waals surface area contributed by atoms with Crippen molar-refractivity contribution in [1.29, 1.82) is 5.26 Å². The zero-order valence-corrected chi connectivity index (χ0v) is 8.81. The van der Waals surface area contributed by atoms with Crippen LogP contribution >= 0.6 is 0 Å². The molecule has 1 aromatic carbocycles. The topological polar surface area (TPSA) is 76.4 Å². The van der Waals surface area contributed by atoms with Gasteiger partial charge in [-0.25, -0.2) is 4.79 Å². The second-order valence-corrected chi connectivity index (χ2v) is 2.86. The van der Waals surface area contributed by atoms with Gasteiger partial charge in [0.1, 0.15) is 11.8 Å². The van der Waals surface area contributed by atoms with Gasteiger partial charge in [-0.2, -0.15) is 5.26 Å². The van der Waals surface area contributed by atoms with Crippen LogP contribution in [0.1, 0.15) is 26.3 Å². The Morgan fingerprint density at radius 3 is 2.56 bits per heavy atom. The molecule has 0 aliphatic carbocycles. The molecule has 1 rings (SSSR count). The third kappa shape index (κ3) is 2.01. The molecular formula is C11H9NO4. The van der Waals surface area contributed by atoms with Crippen LogP contribution in [0.4, 0.5) is 0 Å². The number of benzene rings is 1. The summed E-state index contributed by atoms with van der Waals surface area (Å²) in [6, 6.07) is 4.56. The van der Waals surface area contributed by atoms with E-state index in [0.29, 0.717) is 12.0 Å². The Balaban J connectivity index is 3.50. The molecule has 0 aliphatic rings. The number of carbonyl (C=O) groups is 2. The zero-order chi connectivity index (χ0) is 12.1. The third-order valence-electron chi connectivity index (χ3n) is 2.03. The number of nitriles is 1. The molecule has 0 radical (unpaired) electrons. The average Bonchev–Trinajstić information content (AvgIpc) is 2.35. The third-order valence-corrected chi connectivity index (χ3v) is 2.03. The van der Waals surface area contributed by atoms with Gasteiger partial charge in [-0.15, -0.1) is 0 Å². The summed E-state index contributed by atoms with van der Waals surface area (Å²) in [6.45, 7) is 0. The first-order valence-electron chi connectivity index (χ1n) is 4.33. The maximum atomic E-state index is 11.4. The number of aldehydes is 1. The number of hydrogen-bond donors (Lipinski definition) is 0. The van der Waals surface area contributed by atoms with Gasteiger partial charge in [-0.3, -0.25) is 4.79 Å². The molecule has 0 heterocycles. The van der Waals surface area contributed by atoms with Crippen molar-refractivity contribution in [3.05, 3.63) is 28.8 Å². The van der Waals surface area contributed by atoms with Crippen molar-refractivity contribution in [2.24, 2.45) is 0 Å². The van der Waals surface area contributed by atoms with Crippen molar-refractivity contribution >= 4 is 12.3 Å². The van der Waals surface area contributed by atoms with Crippen LogP contribution in [0.15, 0.2) is 12.1 Å². The van der Waals surface area contributed by atoms with Crippen molar-refractivity contribution in [2.75, 3.05) is 14.2 Å². The molecule has 0 spiro atoms. The molecule has 0 N–H and O–H groups in total. The predicted octanol–water partition coefficient (Wildman–Crippen LogP) is 1.17. The Hall–Kier alpha value is -2.35. The second kappa shape index (κ2) is 4.94. The lowest BCUT2D eigenvalue weighted by Crippen LogP contribution is -2.07. The Morgan fingerprint density at radius 2 is 2.12 bits per heavy atom. The molecule has 16 heavy (non-hydrogen) atoms. The van der Waals surface area contributed by atoms with E-state index in [1.807, 2.05) is 6.07 Å². The van der Waals surface area contributed by atoms with Gasteiger partial charge in [0, 0.05) is 5.56 Å². The fourth-order valence-corrected chi connectivity index (χ4v) is 1.24. The lowest BCUT2D eigenvalue weighted by molar-refractivity contribution is 0.0598. The molecule has 0 saturated carbocycles. The highest BCUT2D eigenvalue weighted by atomic mass is 16.5. The molecule has 0 fully saturated rings. The Bertz CT molecular complexity index is 474. The summed E-state index contributed by atoms with van der Waals surface area (Å²) in [7, 11) is 2.60. The summed E-state index contributed by atoms with van der Waals surface area (Å²) >= 11 is 0. The number of hydrogen-bond acceptors (Lipinski definition) is 5. The highest BCUT2D eigenvalue weighted by molar-refractivity contribution is 6.00. The Morgan fingerprint density at radius 1 is 1.44 bits per heavy atom. The molecule has 0 aliphatic heterocycles. The first kappa shape index (κ1) is 11.7. The monoisotopic (exact) mass is 219 g/mol. The molecule has 0 saturated heterocycles. The number of nitrogens with zero attached hydrogens (tertiary/aromatic N) is 1. The van der Waals surface area contributed by atoms with Crippen LogP contribution in [-0.2, 0) is 4.74 Å². The van der Waals surface area contributed by atoms with Crippen molar-refractivity contribution in [1.82, 2.24) is 0 Å². The van der Waals surface area contributed by atoms with E-state index in [-0.39, 0.29) is 16.7 Å². The van der Waals surface area contributed by atoms with Gasteiger partial charge in [0.25, 0.3) is 0 Å². The maximum Gasteiger partial charge on any atom is 0.338 e. The lowest BCUT2D eigenvalue weighted by atomic mass is 10.0. The SMILES string of the molecule is COC(=O)c1cc(OC)cc(C#N)c1C=O. The summed E-state index contributed by atoms with van der Waals surface area (Å²) < 4.78 is 9.43. The van der Waals surface area contributed by atoms with E-state index < -0.39 is 5.97 Å². The minimum absolute atomic E-state index is 0.00940. The van der Waals surface area contributed by atoms with Crippen molar-refractivity contribution in [3.8, 4) is 11.8 Å². The number of ether oxygens (including phenoxy) is 2. The van der Waals surface area contributed by atoms with Crippen molar-refractivity contribution in [2.45, 2.75) is 0 Å². The molecule has 1 aromatic rings. The smallest absolute Gasteiger partial charge is 0.338 e. The number of rotatable bonds is 3. The summed E-state index contributed by atoms with van der Waals surface area (Å²) in [5, 5.41) is 8.83. The molecule has 5 heteroatoms. The summed E-state index contributed by atoms with van der Waals surface area (Å²) in [5.74, 6) is -0.361. The van der Waals surface area contributed by atoms with Crippen LogP contribution in [0.25, 0.3) is 0 Å². The van der Waals surface area contributed by atoms with Crippen molar-refractivity contribution in [3.63, 3.8) is 0 Å². The van der Waals surface area contributed by atoms with Gasteiger partial charge < -0.3 is 9.47 Å².